The fourth-order valence-corrected chi connectivity index (χ4v) is 2.36. The number of hydrogen-bond acceptors (Lipinski definition) is 4. The molecular formula is C19H19F3N2O4. The molecule has 0 aromatic heterocycles. The van der Waals surface area contributed by atoms with E-state index in [-0.39, 0.29) is 35.1 Å². The van der Waals surface area contributed by atoms with E-state index in [1.807, 2.05) is 5.32 Å². The van der Waals surface area contributed by atoms with Crippen molar-refractivity contribution in [1.82, 2.24) is 10.6 Å². The van der Waals surface area contributed by atoms with Crippen LogP contribution in [0.15, 0.2) is 48.5 Å². The van der Waals surface area contributed by atoms with E-state index in [9.17, 15) is 22.8 Å². The zero-order valence-electron chi connectivity index (χ0n) is 15.2. The van der Waals surface area contributed by atoms with Gasteiger partial charge in [-0.05, 0) is 23.8 Å². The van der Waals surface area contributed by atoms with Gasteiger partial charge in [0.1, 0.15) is 0 Å². The molecule has 1 unspecified atom stereocenters. The van der Waals surface area contributed by atoms with Gasteiger partial charge >= 0.3 is 6.18 Å². The van der Waals surface area contributed by atoms with Crippen molar-refractivity contribution in [3.05, 3.63) is 59.7 Å². The minimum absolute atomic E-state index is 0.0469. The van der Waals surface area contributed by atoms with Gasteiger partial charge in [-0.2, -0.15) is 13.2 Å². The topological polar surface area (TPSA) is 76.7 Å². The zero-order chi connectivity index (χ0) is 20.7. The van der Waals surface area contributed by atoms with E-state index >= 15 is 0 Å². The first kappa shape index (κ1) is 21.1. The Labute approximate surface area is 159 Å². The highest BCUT2D eigenvalue weighted by Gasteiger charge is 2.42. The summed E-state index contributed by atoms with van der Waals surface area (Å²) >= 11 is 0. The fraction of sp³-hybridized carbons (Fsp3) is 0.263. The molecule has 2 aromatic carbocycles. The Morgan fingerprint density at radius 1 is 1.07 bits per heavy atom. The van der Waals surface area contributed by atoms with E-state index in [2.05, 4.69) is 5.32 Å². The second-order valence-corrected chi connectivity index (χ2v) is 5.69. The summed E-state index contributed by atoms with van der Waals surface area (Å²) in [6, 6.07) is 8.80. The number of ether oxygens (including phenoxy) is 2. The highest BCUT2D eigenvalue weighted by molar-refractivity contribution is 5.95. The van der Waals surface area contributed by atoms with Crippen molar-refractivity contribution in [3.8, 4) is 11.5 Å². The van der Waals surface area contributed by atoms with Gasteiger partial charge in [0, 0.05) is 12.6 Å². The smallest absolute Gasteiger partial charge is 0.412 e. The van der Waals surface area contributed by atoms with E-state index in [0.717, 1.165) is 0 Å². The number of alkyl halides is 3. The molecule has 0 heterocycles. The van der Waals surface area contributed by atoms with Gasteiger partial charge in [0.25, 0.3) is 11.8 Å². The van der Waals surface area contributed by atoms with Gasteiger partial charge in [-0.15, -0.1) is 0 Å². The summed E-state index contributed by atoms with van der Waals surface area (Å²) in [6.07, 6.45) is -4.67. The number of rotatable bonds is 7. The van der Waals surface area contributed by atoms with Gasteiger partial charge in [-0.1, -0.05) is 30.3 Å². The first-order valence-corrected chi connectivity index (χ1v) is 8.20. The fourth-order valence-electron chi connectivity index (χ4n) is 2.36. The minimum atomic E-state index is -4.67. The van der Waals surface area contributed by atoms with Gasteiger partial charge in [0.15, 0.2) is 24.1 Å². The number of carbonyl (C=O) groups excluding carboxylic acids is 2. The van der Waals surface area contributed by atoms with Crippen molar-refractivity contribution in [3.63, 3.8) is 0 Å². The van der Waals surface area contributed by atoms with Crippen LogP contribution in [-0.4, -0.2) is 38.8 Å². The largest absolute Gasteiger partial charge is 0.493 e. The van der Waals surface area contributed by atoms with Gasteiger partial charge < -0.3 is 20.1 Å². The summed E-state index contributed by atoms with van der Waals surface area (Å²) in [5.74, 6) is -1.01. The van der Waals surface area contributed by atoms with E-state index in [0.29, 0.717) is 0 Å². The highest BCUT2D eigenvalue weighted by atomic mass is 19.4. The summed E-state index contributed by atoms with van der Waals surface area (Å²) < 4.78 is 50.6. The summed E-state index contributed by atoms with van der Waals surface area (Å²) in [5, 5.41) is 4.37. The molecular weight excluding hydrogens is 377 g/mol. The third-order valence-electron chi connectivity index (χ3n) is 3.80. The summed E-state index contributed by atoms with van der Waals surface area (Å²) in [5.41, 5.74) is -0.129. The van der Waals surface area contributed by atoms with Crippen LogP contribution in [0.4, 0.5) is 13.2 Å². The van der Waals surface area contributed by atoms with Gasteiger partial charge in [0.2, 0.25) is 0 Å². The van der Waals surface area contributed by atoms with Crippen LogP contribution in [0.25, 0.3) is 0 Å². The van der Waals surface area contributed by atoms with Crippen molar-refractivity contribution >= 4 is 11.8 Å². The number of methoxy groups -OCH3 is 1. The molecule has 2 amide bonds. The lowest BCUT2D eigenvalue weighted by molar-refractivity contribution is -0.155. The van der Waals surface area contributed by atoms with Crippen molar-refractivity contribution in [2.75, 3.05) is 20.8 Å². The molecule has 2 rings (SSSR count). The SMILES string of the molecule is CNC(=O)COc1ccc(C(=O)NC(c2ccccc2)C(F)(F)F)cc1OC. The molecule has 1 atom stereocenters. The van der Waals surface area contributed by atoms with Crippen LogP contribution in [0.3, 0.4) is 0 Å². The van der Waals surface area contributed by atoms with Crippen LogP contribution in [0.2, 0.25) is 0 Å². The number of nitrogens with one attached hydrogen (secondary N) is 2. The average Bonchev–Trinajstić information content (AvgIpc) is 2.69. The molecule has 0 radical (unpaired) electrons. The molecule has 0 saturated heterocycles. The molecule has 9 heteroatoms. The maximum Gasteiger partial charge on any atom is 0.412 e. The quantitative estimate of drug-likeness (QED) is 0.755. The lowest BCUT2D eigenvalue weighted by Crippen LogP contribution is -2.38. The third-order valence-corrected chi connectivity index (χ3v) is 3.80. The Morgan fingerprint density at radius 3 is 2.32 bits per heavy atom. The Balaban J connectivity index is 2.21. The first-order valence-electron chi connectivity index (χ1n) is 8.20. The van der Waals surface area contributed by atoms with Gasteiger partial charge in [0.05, 0.1) is 7.11 Å². The number of hydrogen-bond donors (Lipinski definition) is 2. The highest BCUT2D eigenvalue weighted by Crippen LogP contribution is 2.33. The van der Waals surface area contributed by atoms with Gasteiger partial charge in [-0.25, -0.2) is 0 Å². The monoisotopic (exact) mass is 396 g/mol. The molecule has 2 N–H and O–H groups in total. The molecule has 0 fully saturated rings. The van der Waals surface area contributed by atoms with E-state index in [4.69, 9.17) is 9.47 Å². The van der Waals surface area contributed by atoms with E-state index < -0.39 is 18.1 Å². The molecule has 0 aliphatic carbocycles. The average molecular weight is 396 g/mol. The van der Waals surface area contributed by atoms with Crippen molar-refractivity contribution in [2.24, 2.45) is 0 Å². The van der Waals surface area contributed by atoms with Crippen LogP contribution < -0.4 is 20.1 Å². The standard InChI is InChI=1S/C19H19F3N2O4/c1-23-16(25)11-28-14-9-8-13(10-15(14)27-2)18(26)24-17(19(20,21)22)12-6-4-3-5-7-12/h3-10,17H,11H2,1-2H3,(H,23,25)(H,24,26). The Morgan fingerprint density at radius 2 is 1.75 bits per heavy atom. The lowest BCUT2D eigenvalue weighted by Gasteiger charge is -2.22. The first-order chi connectivity index (χ1) is 13.3. The normalized spacial score (nSPS) is 12.0. The maximum atomic E-state index is 13.4. The Kier molecular flexibility index (Phi) is 6.86. The third kappa shape index (κ3) is 5.38. The van der Waals surface area contributed by atoms with E-state index in [1.54, 1.807) is 6.07 Å². The molecule has 2 aromatic rings. The number of carbonyl (C=O) groups is 2. The molecule has 28 heavy (non-hydrogen) atoms. The van der Waals surface area contributed by atoms with Crippen LogP contribution in [0.5, 0.6) is 11.5 Å². The van der Waals surface area contributed by atoms with Crippen molar-refractivity contribution < 1.29 is 32.2 Å². The number of halogens is 3. The molecule has 0 spiro atoms. The van der Waals surface area contributed by atoms with Crippen LogP contribution in [-0.2, 0) is 4.79 Å². The summed E-state index contributed by atoms with van der Waals surface area (Å²) in [4.78, 5) is 23.7. The van der Waals surface area contributed by atoms with Crippen molar-refractivity contribution in [2.45, 2.75) is 12.2 Å². The molecule has 0 aliphatic rings. The summed E-state index contributed by atoms with van der Waals surface area (Å²) in [7, 11) is 2.76. The Hall–Kier alpha value is -3.23. The number of benzene rings is 2. The van der Waals surface area contributed by atoms with E-state index in [1.165, 1.54) is 56.6 Å². The van der Waals surface area contributed by atoms with Crippen LogP contribution >= 0.6 is 0 Å². The second kappa shape index (κ2) is 9.12. The zero-order valence-corrected chi connectivity index (χ0v) is 15.2. The number of amides is 2. The molecule has 0 aliphatic heterocycles. The minimum Gasteiger partial charge on any atom is -0.493 e. The second-order valence-electron chi connectivity index (χ2n) is 5.69. The van der Waals surface area contributed by atoms with Crippen LogP contribution in [0, 0.1) is 0 Å². The predicted molar refractivity (Wildman–Crippen MR) is 95.3 cm³/mol. The van der Waals surface area contributed by atoms with Gasteiger partial charge in [-0.3, -0.25) is 9.59 Å². The number of likely N-dealkylation sites (N-methyl/N-ethyl adjacent to an activating group) is 1. The summed E-state index contributed by atoms with van der Waals surface area (Å²) in [6.45, 7) is -0.275. The molecule has 0 bridgehead atoms. The maximum absolute atomic E-state index is 13.4. The molecule has 6 nitrogen and oxygen atoms in total. The van der Waals surface area contributed by atoms with Crippen LogP contribution in [0.1, 0.15) is 22.0 Å². The van der Waals surface area contributed by atoms with Crippen molar-refractivity contribution in [1.29, 1.82) is 0 Å². The Bertz CT molecular complexity index is 826. The molecule has 150 valence electrons. The molecule has 0 saturated carbocycles. The predicted octanol–water partition coefficient (Wildman–Crippen LogP) is 2.85. The lowest BCUT2D eigenvalue weighted by atomic mass is 10.1.